The van der Waals surface area contributed by atoms with E-state index in [0.717, 1.165) is 12.1 Å². The highest BCUT2D eigenvalue weighted by Crippen LogP contribution is 2.48. The van der Waals surface area contributed by atoms with E-state index in [1.54, 1.807) is 0 Å². The average molecular weight is 275 g/mol. The lowest BCUT2D eigenvalue weighted by Gasteiger charge is -2.19. The summed E-state index contributed by atoms with van der Waals surface area (Å²) in [5.74, 6) is -0.373. The molecule has 1 aliphatic carbocycles. The smallest absolute Gasteiger partial charge is 0.314 e. The summed E-state index contributed by atoms with van der Waals surface area (Å²) in [4.78, 5) is 11.9. The fourth-order valence-corrected chi connectivity index (χ4v) is 2.87. The quantitative estimate of drug-likeness (QED) is 0.741. The molecule has 1 aliphatic rings. The molecular formula is C17H25NO2. The van der Waals surface area contributed by atoms with Crippen molar-refractivity contribution in [1.29, 1.82) is 0 Å². The predicted molar refractivity (Wildman–Crippen MR) is 80.6 cm³/mol. The van der Waals surface area contributed by atoms with Gasteiger partial charge < -0.3 is 10.1 Å². The summed E-state index contributed by atoms with van der Waals surface area (Å²) in [6, 6.07) is 9.87. The van der Waals surface area contributed by atoms with Crippen LogP contribution in [0.25, 0.3) is 0 Å². The van der Waals surface area contributed by atoms with Crippen LogP contribution in [-0.2, 0) is 9.53 Å². The van der Waals surface area contributed by atoms with Gasteiger partial charge in [-0.3, -0.25) is 4.79 Å². The third-order valence-electron chi connectivity index (χ3n) is 4.27. The minimum atomic E-state index is -0.210. The number of rotatable bonds is 8. The number of carbonyl (C=O) groups excluding carboxylic acids is 1. The maximum Gasteiger partial charge on any atom is 0.314 e. The van der Waals surface area contributed by atoms with Gasteiger partial charge in [0.25, 0.3) is 0 Å². The van der Waals surface area contributed by atoms with E-state index in [1.165, 1.54) is 32.8 Å². The summed E-state index contributed by atoms with van der Waals surface area (Å²) >= 11 is 0. The van der Waals surface area contributed by atoms with Crippen molar-refractivity contribution in [3.8, 4) is 0 Å². The maximum absolute atomic E-state index is 11.9. The van der Waals surface area contributed by atoms with Gasteiger partial charge in [0.15, 0.2) is 0 Å². The highest BCUT2D eigenvalue weighted by atomic mass is 16.5. The van der Waals surface area contributed by atoms with Crippen molar-refractivity contribution in [2.45, 2.75) is 38.5 Å². The second-order valence-electron chi connectivity index (χ2n) is 5.87. The van der Waals surface area contributed by atoms with Gasteiger partial charge in [-0.05, 0) is 30.2 Å². The third kappa shape index (κ3) is 3.83. The van der Waals surface area contributed by atoms with Crippen LogP contribution in [0.15, 0.2) is 30.3 Å². The summed E-state index contributed by atoms with van der Waals surface area (Å²) in [6.07, 6.45) is 5.17. The molecule has 0 bridgehead atoms. The molecule has 1 aromatic rings. The molecule has 1 unspecified atom stereocenters. The van der Waals surface area contributed by atoms with Crippen molar-refractivity contribution in [1.82, 2.24) is 5.32 Å². The Morgan fingerprint density at radius 3 is 2.60 bits per heavy atom. The first-order valence-electron chi connectivity index (χ1n) is 7.54. The molecule has 0 aliphatic heterocycles. The molecule has 0 amide bonds. The lowest BCUT2D eigenvalue weighted by Crippen LogP contribution is -2.32. The number of benzene rings is 1. The third-order valence-corrected chi connectivity index (χ3v) is 4.27. The van der Waals surface area contributed by atoms with Crippen LogP contribution in [0.2, 0.25) is 0 Å². The summed E-state index contributed by atoms with van der Waals surface area (Å²) in [7, 11) is 1.46. The monoisotopic (exact) mass is 275 g/mol. The van der Waals surface area contributed by atoms with Crippen LogP contribution in [-0.4, -0.2) is 26.2 Å². The van der Waals surface area contributed by atoms with E-state index in [4.69, 9.17) is 4.74 Å². The Morgan fingerprint density at radius 1 is 1.35 bits per heavy atom. The molecule has 3 nitrogen and oxygen atoms in total. The van der Waals surface area contributed by atoms with Gasteiger partial charge in [0, 0.05) is 13.1 Å². The van der Waals surface area contributed by atoms with Crippen molar-refractivity contribution in [3.63, 3.8) is 0 Å². The molecule has 0 radical (unpaired) electrons. The molecule has 20 heavy (non-hydrogen) atoms. The van der Waals surface area contributed by atoms with Gasteiger partial charge >= 0.3 is 5.97 Å². The zero-order valence-corrected chi connectivity index (χ0v) is 12.5. The Bertz CT molecular complexity index is 426. The Hall–Kier alpha value is -1.35. The van der Waals surface area contributed by atoms with Crippen LogP contribution >= 0.6 is 0 Å². The minimum Gasteiger partial charge on any atom is -0.469 e. The summed E-state index contributed by atoms with van der Waals surface area (Å²) in [6.45, 7) is 3.91. The number of methoxy groups -OCH3 is 1. The van der Waals surface area contributed by atoms with E-state index in [0.29, 0.717) is 12.0 Å². The van der Waals surface area contributed by atoms with Crippen LogP contribution in [0.3, 0.4) is 0 Å². The van der Waals surface area contributed by atoms with E-state index < -0.39 is 0 Å². The fraction of sp³-hybridized carbons (Fsp3) is 0.588. The summed E-state index contributed by atoms with van der Waals surface area (Å²) < 4.78 is 4.93. The first-order chi connectivity index (χ1) is 9.71. The Kier molecular flexibility index (Phi) is 5.18. The second kappa shape index (κ2) is 6.89. The van der Waals surface area contributed by atoms with Crippen molar-refractivity contribution < 1.29 is 9.53 Å². The number of ether oxygens (including phenoxy) is 1. The zero-order valence-electron chi connectivity index (χ0n) is 12.5. The first kappa shape index (κ1) is 15.0. The normalized spacial score (nSPS) is 17.5. The van der Waals surface area contributed by atoms with E-state index in [-0.39, 0.29) is 11.9 Å². The van der Waals surface area contributed by atoms with Gasteiger partial charge in [-0.1, -0.05) is 43.7 Å². The fourth-order valence-electron chi connectivity index (χ4n) is 2.87. The molecular weight excluding hydrogens is 250 g/mol. The Labute approximate surface area is 121 Å². The van der Waals surface area contributed by atoms with Crippen LogP contribution in [0.5, 0.6) is 0 Å². The van der Waals surface area contributed by atoms with E-state index in [2.05, 4.69) is 12.2 Å². The van der Waals surface area contributed by atoms with E-state index in [1.807, 2.05) is 30.3 Å². The summed E-state index contributed by atoms with van der Waals surface area (Å²) in [5.41, 5.74) is 1.53. The number of nitrogens with one attached hydrogen (secondary N) is 1. The SMILES string of the molecule is CCCC1(CNCC(C(=O)OC)c2ccccc2)CC1. The molecule has 1 saturated carbocycles. The Balaban J connectivity index is 1.90. The lowest BCUT2D eigenvalue weighted by molar-refractivity contribution is -0.142. The molecule has 1 fully saturated rings. The second-order valence-corrected chi connectivity index (χ2v) is 5.87. The van der Waals surface area contributed by atoms with Gasteiger partial charge in [0.1, 0.15) is 0 Å². The predicted octanol–water partition coefficient (Wildman–Crippen LogP) is 3.11. The van der Waals surface area contributed by atoms with Gasteiger partial charge in [0.2, 0.25) is 0 Å². The van der Waals surface area contributed by atoms with Crippen LogP contribution in [0.1, 0.15) is 44.1 Å². The molecule has 1 aromatic carbocycles. The molecule has 1 atom stereocenters. The number of hydrogen-bond acceptors (Lipinski definition) is 3. The van der Waals surface area contributed by atoms with E-state index in [9.17, 15) is 4.79 Å². The molecule has 110 valence electrons. The standard InChI is InChI=1S/C17H25NO2/c1-3-9-17(10-11-17)13-18-12-15(16(19)20-2)14-7-5-4-6-8-14/h4-8,15,18H,3,9-13H2,1-2H3. The lowest BCUT2D eigenvalue weighted by atomic mass is 9.97. The van der Waals surface area contributed by atoms with Gasteiger partial charge in [0.05, 0.1) is 13.0 Å². The number of esters is 1. The molecule has 0 aromatic heterocycles. The molecule has 1 N–H and O–H groups in total. The highest BCUT2D eigenvalue weighted by Gasteiger charge is 2.41. The number of carbonyl (C=O) groups is 1. The van der Waals surface area contributed by atoms with Crippen molar-refractivity contribution in [3.05, 3.63) is 35.9 Å². The summed E-state index contributed by atoms with van der Waals surface area (Å²) in [5, 5.41) is 3.49. The van der Waals surface area contributed by atoms with Crippen molar-refractivity contribution >= 4 is 5.97 Å². The van der Waals surface area contributed by atoms with Crippen molar-refractivity contribution in [2.24, 2.45) is 5.41 Å². The Morgan fingerprint density at radius 2 is 2.05 bits per heavy atom. The van der Waals surface area contributed by atoms with Gasteiger partial charge in [-0.15, -0.1) is 0 Å². The zero-order chi connectivity index (χ0) is 14.4. The van der Waals surface area contributed by atoms with E-state index >= 15 is 0 Å². The molecule has 0 heterocycles. The molecule has 2 rings (SSSR count). The van der Waals surface area contributed by atoms with Gasteiger partial charge in [-0.2, -0.15) is 0 Å². The van der Waals surface area contributed by atoms with Crippen LogP contribution < -0.4 is 5.32 Å². The molecule has 0 spiro atoms. The highest BCUT2D eigenvalue weighted by molar-refractivity contribution is 5.78. The van der Waals surface area contributed by atoms with Crippen LogP contribution in [0, 0.1) is 5.41 Å². The largest absolute Gasteiger partial charge is 0.469 e. The topological polar surface area (TPSA) is 38.3 Å². The minimum absolute atomic E-state index is 0.163. The maximum atomic E-state index is 11.9. The molecule has 0 saturated heterocycles. The van der Waals surface area contributed by atoms with Crippen LogP contribution in [0.4, 0.5) is 0 Å². The van der Waals surface area contributed by atoms with Gasteiger partial charge in [-0.25, -0.2) is 0 Å². The van der Waals surface area contributed by atoms with Crippen molar-refractivity contribution in [2.75, 3.05) is 20.2 Å². The first-order valence-corrected chi connectivity index (χ1v) is 7.54. The average Bonchev–Trinajstić information content (AvgIpc) is 3.24. The number of hydrogen-bond donors (Lipinski definition) is 1. The molecule has 3 heteroatoms.